The first-order valence-corrected chi connectivity index (χ1v) is 8.18. The number of aryl methyl sites for hydroxylation is 2. The fourth-order valence-corrected chi connectivity index (χ4v) is 2.66. The van der Waals surface area contributed by atoms with E-state index in [1.165, 1.54) is 16.9 Å². The minimum atomic E-state index is -0.440. The fourth-order valence-electron chi connectivity index (χ4n) is 2.66. The van der Waals surface area contributed by atoms with Crippen LogP contribution < -0.4 is 10.9 Å². The Hall–Kier alpha value is -3.88. The maximum Gasteiger partial charge on any atom is 0.277 e. The first-order valence-electron chi connectivity index (χ1n) is 8.18. The van der Waals surface area contributed by atoms with E-state index in [4.69, 9.17) is 0 Å². The Labute approximate surface area is 153 Å². The van der Waals surface area contributed by atoms with Crippen LogP contribution in [0.1, 0.15) is 21.9 Å². The van der Waals surface area contributed by atoms with E-state index in [0.29, 0.717) is 28.2 Å². The highest BCUT2D eigenvalue weighted by atomic mass is 16.2. The molecule has 0 atom stereocenters. The largest absolute Gasteiger partial charge is 0.305 e. The lowest BCUT2D eigenvalue weighted by Crippen LogP contribution is -2.19. The Kier molecular flexibility index (Phi) is 3.96. The predicted octanol–water partition coefficient (Wildman–Crippen LogP) is 1.77. The fraction of sp³-hybridized carbons (Fsp3) is 0.111. The van der Waals surface area contributed by atoms with Gasteiger partial charge in [0.1, 0.15) is 11.5 Å². The average Bonchev–Trinajstić information content (AvgIpc) is 3.00. The summed E-state index contributed by atoms with van der Waals surface area (Å²) in [5, 5.41) is 7.04. The molecule has 0 spiro atoms. The van der Waals surface area contributed by atoms with Gasteiger partial charge in [0, 0.05) is 17.8 Å². The molecule has 0 fully saturated rings. The van der Waals surface area contributed by atoms with Crippen LogP contribution in [0.5, 0.6) is 0 Å². The van der Waals surface area contributed by atoms with Crippen LogP contribution in [0.15, 0.2) is 47.4 Å². The molecule has 4 rings (SSSR count). The number of aromatic amines is 1. The van der Waals surface area contributed by atoms with Gasteiger partial charge in [-0.15, -0.1) is 0 Å². The molecule has 0 unspecified atom stereocenters. The molecule has 0 saturated carbocycles. The average molecular weight is 361 g/mol. The molecule has 9 nitrogen and oxygen atoms in total. The molecule has 2 N–H and O–H groups in total. The second kappa shape index (κ2) is 6.45. The molecule has 1 aromatic carbocycles. The number of carbonyl (C=O) groups is 1. The van der Waals surface area contributed by atoms with Crippen molar-refractivity contribution in [2.45, 2.75) is 13.8 Å². The Morgan fingerprint density at radius 2 is 1.85 bits per heavy atom. The van der Waals surface area contributed by atoms with Crippen molar-refractivity contribution in [2.24, 2.45) is 0 Å². The number of hydrogen-bond donors (Lipinski definition) is 2. The highest BCUT2D eigenvalue weighted by molar-refractivity contribution is 6.03. The number of anilines is 1. The monoisotopic (exact) mass is 361 g/mol. The van der Waals surface area contributed by atoms with Gasteiger partial charge in [0.15, 0.2) is 0 Å². The smallest absolute Gasteiger partial charge is 0.277 e. The first-order chi connectivity index (χ1) is 13.0. The lowest BCUT2D eigenvalue weighted by Gasteiger charge is -2.08. The van der Waals surface area contributed by atoms with Crippen LogP contribution in [0.25, 0.3) is 17.0 Å². The van der Waals surface area contributed by atoms with E-state index in [1.54, 1.807) is 26.0 Å². The van der Waals surface area contributed by atoms with Crippen molar-refractivity contribution < 1.29 is 4.79 Å². The zero-order valence-corrected chi connectivity index (χ0v) is 14.6. The minimum Gasteiger partial charge on any atom is -0.305 e. The van der Waals surface area contributed by atoms with Crippen molar-refractivity contribution in [1.29, 1.82) is 0 Å². The van der Waals surface area contributed by atoms with E-state index in [9.17, 15) is 9.59 Å². The molecule has 134 valence electrons. The summed E-state index contributed by atoms with van der Waals surface area (Å²) in [5.74, 6) is 0.138. The molecule has 3 aromatic heterocycles. The van der Waals surface area contributed by atoms with E-state index in [2.05, 4.69) is 30.4 Å². The third kappa shape index (κ3) is 3.30. The van der Waals surface area contributed by atoms with E-state index in [0.717, 1.165) is 0 Å². The highest BCUT2D eigenvalue weighted by Gasteiger charge is 2.15. The molecule has 4 aromatic rings. The number of fused-ring (bicyclic) bond motifs is 1. The number of hydrogen-bond acceptors (Lipinski definition) is 6. The summed E-state index contributed by atoms with van der Waals surface area (Å²) in [6.07, 6.45) is 1.41. The number of para-hydroxylation sites is 2. The van der Waals surface area contributed by atoms with Crippen LogP contribution in [-0.2, 0) is 0 Å². The van der Waals surface area contributed by atoms with E-state index >= 15 is 0 Å². The van der Waals surface area contributed by atoms with Gasteiger partial charge in [0.05, 0.1) is 22.9 Å². The number of H-pyrrole nitrogens is 1. The standard InChI is InChI=1S/C18H15N7O2/c1-10-8-16(26)23-18(20-10)25-15(7-11(2)24-25)22-17(27)14-9-19-12-5-3-4-6-13(12)21-14/h3-9H,1-2H3,(H,22,27)(H,20,23,26). The van der Waals surface area contributed by atoms with E-state index in [-0.39, 0.29) is 17.2 Å². The maximum absolute atomic E-state index is 12.6. The summed E-state index contributed by atoms with van der Waals surface area (Å²) >= 11 is 0. The number of nitrogens with zero attached hydrogens (tertiary/aromatic N) is 5. The van der Waals surface area contributed by atoms with Gasteiger partial charge in [-0.3, -0.25) is 19.6 Å². The van der Waals surface area contributed by atoms with Gasteiger partial charge in [0.25, 0.3) is 11.5 Å². The third-order valence-corrected chi connectivity index (χ3v) is 3.81. The zero-order valence-electron chi connectivity index (χ0n) is 14.6. The Bertz CT molecular complexity index is 1230. The molecule has 3 heterocycles. The van der Waals surface area contributed by atoms with Gasteiger partial charge in [-0.2, -0.15) is 9.78 Å². The second-order valence-corrected chi connectivity index (χ2v) is 5.99. The number of rotatable bonds is 3. The number of carbonyl (C=O) groups excluding carboxylic acids is 1. The van der Waals surface area contributed by atoms with E-state index in [1.807, 2.05) is 18.2 Å². The van der Waals surface area contributed by atoms with Crippen LogP contribution in [0.3, 0.4) is 0 Å². The molecule has 0 aliphatic rings. The van der Waals surface area contributed by atoms with Crippen molar-refractivity contribution in [2.75, 3.05) is 5.32 Å². The summed E-state index contributed by atoms with van der Waals surface area (Å²) in [6, 6.07) is 10.3. The number of nitrogens with one attached hydrogen (secondary N) is 2. The zero-order chi connectivity index (χ0) is 19.0. The van der Waals surface area contributed by atoms with Crippen molar-refractivity contribution in [3.8, 4) is 5.95 Å². The molecular weight excluding hydrogens is 346 g/mol. The summed E-state index contributed by atoms with van der Waals surface area (Å²) in [4.78, 5) is 39.8. The van der Waals surface area contributed by atoms with Crippen molar-refractivity contribution in [3.05, 3.63) is 70.0 Å². The lowest BCUT2D eigenvalue weighted by atomic mass is 10.3. The van der Waals surface area contributed by atoms with Crippen LogP contribution >= 0.6 is 0 Å². The molecule has 0 radical (unpaired) electrons. The van der Waals surface area contributed by atoms with Crippen LogP contribution in [0.4, 0.5) is 5.82 Å². The number of amides is 1. The Morgan fingerprint density at radius 1 is 1.07 bits per heavy atom. The number of aromatic nitrogens is 6. The summed E-state index contributed by atoms with van der Waals surface area (Å²) in [7, 11) is 0. The van der Waals surface area contributed by atoms with Gasteiger partial charge in [-0.05, 0) is 26.0 Å². The van der Waals surface area contributed by atoms with Crippen LogP contribution in [-0.4, -0.2) is 35.6 Å². The summed E-state index contributed by atoms with van der Waals surface area (Å²) in [6.45, 7) is 3.48. The van der Waals surface area contributed by atoms with E-state index < -0.39 is 5.91 Å². The third-order valence-electron chi connectivity index (χ3n) is 3.81. The summed E-state index contributed by atoms with van der Waals surface area (Å²) < 4.78 is 1.37. The molecule has 0 aliphatic heterocycles. The topological polar surface area (TPSA) is 118 Å². The highest BCUT2D eigenvalue weighted by Crippen LogP contribution is 2.15. The molecule has 0 aliphatic carbocycles. The molecule has 0 bridgehead atoms. The minimum absolute atomic E-state index is 0.171. The predicted molar refractivity (Wildman–Crippen MR) is 98.9 cm³/mol. The first kappa shape index (κ1) is 16.6. The van der Waals surface area contributed by atoms with Crippen molar-refractivity contribution >= 4 is 22.8 Å². The van der Waals surface area contributed by atoms with Crippen LogP contribution in [0, 0.1) is 13.8 Å². The maximum atomic E-state index is 12.6. The Morgan fingerprint density at radius 3 is 2.63 bits per heavy atom. The van der Waals surface area contributed by atoms with Crippen molar-refractivity contribution in [3.63, 3.8) is 0 Å². The van der Waals surface area contributed by atoms with Gasteiger partial charge in [-0.25, -0.2) is 9.97 Å². The number of benzene rings is 1. The van der Waals surface area contributed by atoms with Crippen molar-refractivity contribution in [1.82, 2.24) is 29.7 Å². The second-order valence-electron chi connectivity index (χ2n) is 5.99. The molecule has 1 amide bonds. The molecule has 9 heteroatoms. The lowest BCUT2D eigenvalue weighted by molar-refractivity contribution is 0.102. The molecular formula is C18H15N7O2. The van der Waals surface area contributed by atoms with Gasteiger partial charge >= 0.3 is 0 Å². The summed E-state index contributed by atoms with van der Waals surface area (Å²) in [5.41, 5.74) is 2.39. The van der Waals surface area contributed by atoms with Gasteiger partial charge in [-0.1, -0.05) is 12.1 Å². The Balaban J connectivity index is 1.69. The SMILES string of the molecule is Cc1cc(=O)[nH]c(-n2nc(C)cc2NC(=O)c2cnc3ccccc3n2)n1. The molecule has 27 heavy (non-hydrogen) atoms. The normalized spacial score (nSPS) is 10.9. The van der Waals surface area contributed by atoms with Gasteiger partial charge < -0.3 is 5.32 Å². The van der Waals surface area contributed by atoms with Crippen LogP contribution in [0.2, 0.25) is 0 Å². The quantitative estimate of drug-likeness (QED) is 0.574. The van der Waals surface area contributed by atoms with Gasteiger partial charge in [0.2, 0.25) is 5.95 Å². The molecule has 0 saturated heterocycles.